The highest BCUT2D eigenvalue weighted by molar-refractivity contribution is 7.26. The number of benzene rings is 11. The molecule has 16 aromatic rings. The highest BCUT2D eigenvalue weighted by atomic mass is 32.1. The standard InChI is InChI=1S/C69H41N5S2/c1-5-19-42(20-6-1)67-70-68(43-21-7-2-8-22-43)72-69(71-67)58-37-44(47-29-17-31-52-56-38-54-49-27-13-15-33-59(49)73(45-23-9-3-10-24-45)61(54)40-63(56)75-65(47)52)35-36-48(58)51-30-18-32-53-57-39-55-50-28-14-16-34-60(50)74(46-25-11-4-12-26-46)62(55)41-64(57)76-66(51)53/h1-41H. The topological polar surface area (TPSA) is 48.5 Å². The molecule has 0 aliphatic carbocycles. The van der Waals surface area contributed by atoms with E-state index in [1.807, 2.05) is 59.1 Å². The van der Waals surface area contributed by atoms with Gasteiger partial charge in [-0.15, -0.1) is 22.7 Å². The minimum atomic E-state index is 0.622. The van der Waals surface area contributed by atoms with Crippen LogP contribution in [0.3, 0.4) is 0 Å². The molecule has 0 N–H and O–H groups in total. The summed E-state index contributed by atoms with van der Waals surface area (Å²) in [5.41, 5.74) is 14.4. The maximum Gasteiger partial charge on any atom is 0.164 e. The molecule has 5 nitrogen and oxygen atoms in total. The second-order valence-electron chi connectivity index (χ2n) is 19.5. The van der Waals surface area contributed by atoms with Crippen molar-refractivity contribution in [3.63, 3.8) is 0 Å². The van der Waals surface area contributed by atoms with Gasteiger partial charge >= 0.3 is 0 Å². The van der Waals surface area contributed by atoms with Gasteiger partial charge in [-0.05, 0) is 83.4 Å². The summed E-state index contributed by atoms with van der Waals surface area (Å²) < 4.78 is 9.78. The van der Waals surface area contributed by atoms with Crippen LogP contribution in [0.15, 0.2) is 249 Å². The molecule has 5 aromatic heterocycles. The molecular formula is C69H41N5S2. The highest BCUT2D eigenvalue weighted by Gasteiger charge is 2.23. The van der Waals surface area contributed by atoms with E-state index >= 15 is 0 Å². The van der Waals surface area contributed by atoms with Crippen molar-refractivity contribution in [2.24, 2.45) is 0 Å². The van der Waals surface area contributed by atoms with E-state index in [-0.39, 0.29) is 0 Å². The Morgan fingerprint density at radius 3 is 1.21 bits per heavy atom. The Hall–Kier alpha value is -9.53. The summed E-state index contributed by atoms with van der Waals surface area (Å²) in [4.78, 5) is 15.9. The first-order chi connectivity index (χ1) is 37.7. The smallest absolute Gasteiger partial charge is 0.164 e. The molecule has 11 aromatic carbocycles. The molecule has 0 saturated heterocycles. The van der Waals surface area contributed by atoms with Crippen LogP contribution in [0.4, 0.5) is 0 Å². The van der Waals surface area contributed by atoms with Crippen molar-refractivity contribution in [2.45, 2.75) is 0 Å². The van der Waals surface area contributed by atoms with Crippen LogP contribution in [0.5, 0.6) is 0 Å². The molecule has 76 heavy (non-hydrogen) atoms. The average molecular weight is 1000 g/mol. The van der Waals surface area contributed by atoms with Crippen LogP contribution in [0.1, 0.15) is 0 Å². The molecule has 0 amide bonds. The molecule has 0 unspecified atom stereocenters. The third kappa shape index (κ3) is 6.66. The van der Waals surface area contributed by atoms with Crippen LogP contribution >= 0.6 is 22.7 Å². The molecule has 16 rings (SSSR count). The minimum absolute atomic E-state index is 0.622. The zero-order valence-electron chi connectivity index (χ0n) is 40.7. The Morgan fingerprint density at radius 2 is 0.684 bits per heavy atom. The van der Waals surface area contributed by atoms with Crippen molar-refractivity contribution in [1.82, 2.24) is 24.1 Å². The maximum absolute atomic E-state index is 5.40. The van der Waals surface area contributed by atoms with Crippen molar-refractivity contribution >= 4 is 107 Å². The molecule has 0 fully saturated rings. The summed E-state index contributed by atoms with van der Waals surface area (Å²) in [7, 11) is 0. The van der Waals surface area contributed by atoms with Gasteiger partial charge in [-0.1, -0.05) is 182 Å². The number of fused-ring (bicyclic) bond motifs is 12. The summed E-state index contributed by atoms with van der Waals surface area (Å²) in [6.45, 7) is 0. The fraction of sp³-hybridized carbons (Fsp3) is 0. The van der Waals surface area contributed by atoms with Crippen molar-refractivity contribution in [3.05, 3.63) is 249 Å². The summed E-state index contributed by atoms with van der Waals surface area (Å²) in [6.07, 6.45) is 0. The predicted octanol–water partition coefficient (Wildman–Crippen LogP) is 19.1. The van der Waals surface area contributed by atoms with Gasteiger partial charge in [0.05, 0.1) is 22.1 Å². The fourth-order valence-electron chi connectivity index (χ4n) is 11.7. The fourth-order valence-corrected chi connectivity index (χ4v) is 14.2. The second-order valence-corrected chi connectivity index (χ2v) is 21.6. The first kappa shape index (κ1) is 42.9. The number of para-hydroxylation sites is 4. The largest absolute Gasteiger partial charge is 0.309 e. The van der Waals surface area contributed by atoms with E-state index in [1.165, 1.54) is 89.5 Å². The van der Waals surface area contributed by atoms with Gasteiger partial charge in [0.15, 0.2) is 17.5 Å². The van der Waals surface area contributed by atoms with Gasteiger partial charge in [-0.25, -0.2) is 15.0 Å². The Bertz CT molecular complexity index is 4920. The van der Waals surface area contributed by atoms with Crippen molar-refractivity contribution in [2.75, 3.05) is 0 Å². The van der Waals surface area contributed by atoms with Crippen molar-refractivity contribution in [1.29, 1.82) is 0 Å². The van der Waals surface area contributed by atoms with E-state index in [0.717, 1.165) is 44.8 Å². The van der Waals surface area contributed by atoms with E-state index in [9.17, 15) is 0 Å². The van der Waals surface area contributed by atoms with E-state index in [4.69, 9.17) is 15.0 Å². The molecule has 0 spiro atoms. The highest BCUT2D eigenvalue weighted by Crippen LogP contribution is 2.48. The summed E-state index contributed by atoms with van der Waals surface area (Å²) in [5, 5.41) is 9.97. The lowest BCUT2D eigenvalue weighted by Gasteiger charge is -2.15. The summed E-state index contributed by atoms with van der Waals surface area (Å²) in [6, 6.07) is 89.7. The lowest BCUT2D eigenvalue weighted by atomic mass is 9.93. The van der Waals surface area contributed by atoms with E-state index < -0.39 is 0 Å². The number of thiophene rings is 2. The first-order valence-corrected chi connectivity index (χ1v) is 27.2. The monoisotopic (exact) mass is 1000 g/mol. The van der Waals surface area contributed by atoms with Crippen LogP contribution in [-0.4, -0.2) is 24.1 Å². The summed E-state index contributed by atoms with van der Waals surface area (Å²) in [5.74, 6) is 1.88. The third-order valence-electron chi connectivity index (χ3n) is 15.2. The first-order valence-electron chi connectivity index (χ1n) is 25.6. The van der Waals surface area contributed by atoms with Gasteiger partial charge in [0.25, 0.3) is 0 Å². The Labute approximate surface area is 444 Å². The second kappa shape index (κ2) is 17.0. The SMILES string of the molecule is c1ccc(-c2nc(-c3ccccc3)nc(-c3cc(-c4cccc5c4sc4cc6c(cc45)c4ccccc4n6-c4ccccc4)ccc3-c3cccc4c3sc3cc5c(cc34)c3ccccc3n5-c3ccccc3)n2)cc1. The predicted molar refractivity (Wildman–Crippen MR) is 321 cm³/mol. The number of hydrogen-bond donors (Lipinski definition) is 0. The average Bonchev–Trinajstić information content (AvgIpc) is 4.24. The molecule has 5 heterocycles. The van der Waals surface area contributed by atoms with E-state index in [2.05, 4.69) is 221 Å². The van der Waals surface area contributed by atoms with Crippen molar-refractivity contribution in [3.8, 4) is 67.8 Å². The van der Waals surface area contributed by atoms with Crippen LogP contribution in [0.2, 0.25) is 0 Å². The van der Waals surface area contributed by atoms with Gasteiger partial charge in [-0.3, -0.25) is 0 Å². The lowest BCUT2D eigenvalue weighted by Crippen LogP contribution is -2.01. The van der Waals surface area contributed by atoms with Crippen LogP contribution in [-0.2, 0) is 0 Å². The Balaban J connectivity index is 0.936. The molecule has 0 saturated carbocycles. The quantitative estimate of drug-likeness (QED) is 0.160. The zero-order valence-corrected chi connectivity index (χ0v) is 42.4. The van der Waals surface area contributed by atoms with Gasteiger partial charge in [0.1, 0.15) is 0 Å². The molecular weight excluding hydrogens is 963 g/mol. The molecule has 7 heteroatoms. The molecule has 354 valence electrons. The number of rotatable bonds is 7. The number of nitrogens with zero attached hydrogens (tertiary/aromatic N) is 5. The van der Waals surface area contributed by atoms with Gasteiger partial charge in [0.2, 0.25) is 0 Å². The minimum Gasteiger partial charge on any atom is -0.309 e. The van der Waals surface area contributed by atoms with Gasteiger partial charge in [0, 0.05) is 95.5 Å². The van der Waals surface area contributed by atoms with Gasteiger partial charge < -0.3 is 9.13 Å². The Kier molecular flexibility index (Phi) is 9.61. The summed E-state index contributed by atoms with van der Waals surface area (Å²) >= 11 is 3.72. The zero-order chi connectivity index (χ0) is 49.8. The molecule has 0 radical (unpaired) electrons. The van der Waals surface area contributed by atoms with E-state index in [0.29, 0.717) is 17.5 Å². The third-order valence-corrected chi connectivity index (χ3v) is 17.6. The van der Waals surface area contributed by atoms with Gasteiger partial charge in [-0.2, -0.15) is 0 Å². The molecule has 0 bridgehead atoms. The van der Waals surface area contributed by atoms with Crippen molar-refractivity contribution < 1.29 is 0 Å². The number of aromatic nitrogens is 5. The maximum atomic E-state index is 5.40. The molecule has 0 aliphatic rings. The molecule has 0 atom stereocenters. The Morgan fingerprint density at radius 1 is 0.250 bits per heavy atom. The lowest BCUT2D eigenvalue weighted by molar-refractivity contribution is 1.07. The van der Waals surface area contributed by atoms with Crippen LogP contribution < -0.4 is 0 Å². The number of hydrogen-bond acceptors (Lipinski definition) is 5. The normalized spacial score (nSPS) is 11.9. The molecule has 0 aliphatic heterocycles. The van der Waals surface area contributed by atoms with E-state index in [1.54, 1.807) is 0 Å². The van der Waals surface area contributed by atoms with Crippen LogP contribution in [0.25, 0.3) is 152 Å². The van der Waals surface area contributed by atoms with Crippen LogP contribution in [0, 0.1) is 0 Å².